The molecule has 1 saturated carbocycles. The van der Waals surface area contributed by atoms with Crippen LogP contribution in [0.1, 0.15) is 66.2 Å². The highest BCUT2D eigenvalue weighted by molar-refractivity contribution is 4.96. The maximum Gasteiger partial charge on any atom is 0.0110 e. The highest BCUT2D eigenvalue weighted by atomic mass is 15.3. The number of piperazine rings is 1. The monoisotopic (exact) mass is 349 g/mol. The van der Waals surface area contributed by atoms with Gasteiger partial charge in [-0.15, -0.1) is 0 Å². The molecule has 146 valence electrons. The number of hydrogen-bond acceptors (Lipinski definition) is 3. The van der Waals surface area contributed by atoms with E-state index in [0.717, 1.165) is 17.9 Å². The van der Waals surface area contributed by atoms with Gasteiger partial charge < -0.3 is 14.7 Å². The molecule has 25 heavy (non-hydrogen) atoms. The minimum Gasteiger partial charge on any atom is -0.301 e. The number of likely N-dealkylation sites (tertiary alicyclic amines) is 1. The van der Waals surface area contributed by atoms with Crippen molar-refractivity contribution in [2.75, 3.05) is 52.4 Å². The number of rotatable bonds is 8. The molecule has 0 N–H and O–H groups in total. The average Bonchev–Trinajstić information content (AvgIpc) is 3.35. The van der Waals surface area contributed by atoms with Crippen LogP contribution in [-0.4, -0.2) is 73.1 Å². The lowest BCUT2D eigenvalue weighted by Gasteiger charge is -2.41. The van der Waals surface area contributed by atoms with E-state index in [1.807, 2.05) is 0 Å². The largest absolute Gasteiger partial charge is 0.301 e. The van der Waals surface area contributed by atoms with Crippen molar-refractivity contribution in [1.29, 1.82) is 0 Å². The van der Waals surface area contributed by atoms with Crippen LogP contribution in [0.2, 0.25) is 0 Å². The van der Waals surface area contributed by atoms with Gasteiger partial charge in [0.05, 0.1) is 0 Å². The summed E-state index contributed by atoms with van der Waals surface area (Å²) in [6, 6.07) is 0.782. The van der Waals surface area contributed by atoms with E-state index < -0.39 is 0 Å². The van der Waals surface area contributed by atoms with Gasteiger partial charge in [0, 0.05) is 45.3 Å². The van der Waals surface area contributed by atoms with Gasteiger partial charge >= 0.3 is 0 Å². The molecule has 3 nitrogen and oxygen atoms in total. The first-order valence-corrected chi connectivity index (χ1v) is 11.2. The molecule has 3 fully saturated rings. The topological polar surface area (TPSA) is 9.72 Å². The fourth-order valence-corrected chi connectivity index (χ4v) is 5.27. The zero-order valence-corrected chi connectivity index (χ0v) is 17.5. The van der Waals surface area contributed by atoms with Gasteiger partial charge in [0.15, 0.2) is 0 Å². The smallest absolute Gasteiger partial charge is 0.0110 e. The molecule has 1 atom stereocenters. The van der Waals surface area contributed by atoms with Crippen molar-refractivity contribution in [3.63, 3.8) is 0 Å². The molecule has 2 heterocycles. The molecular formula is C22H43N3. The second-order valence-electron chi connectivity index (χ2n) is 9.91. The first-order valence-electron chi connectivity index (χ1n) is 11.2. The van der Waals surface area contributed by atoms with E-state index in [9.17, 15) is 0 Å². The van der Waals surface area contributed by atoms with Crippen molar-refractivity contribution < 1.29 is 0 Å². The van der Waals surface area contributed by atoms with Crippen LogP contribution in [0.5, 0.6) is 0 Å². The minimum absolute atomic E-state index is 0.707. The summed E-state index contributed by atoms with van der Waals surface area (Å²) < 4.78 is 0. The van der Waals surface area contributed by atoms with E-state index in [4.69, 9.17) is 0 Å². The summed E-state index contributed by atoms with van der Waals surface area (Å²) in [5.41, 5.74) is 0.707. The molecule has 0 aromatic heterocycles. The summed E-state index contributed by atoms with van der Waals surface area (Å²) >= 11 is 0. The summed E-state index contributed by atoms with van der Waals surface area (Å²) in [5.74, 6) is 1.81. The minimum atomic E-state index is 0.707. The summed E-state index contributed by atoms with van der Waals surface area (Å²) in [7, 11) is 0. The average molecular weight is 350 g/mol. The number of hydrogen-bond donors (Lipinski definition) is 0. The Hall–Kier alpha value is -0.120. The fraction of sp³-hybridized carbons (Fsp3) is 1.00. The Morgan fingerprint density at radius 3 is 2.00 bits per heavy atom. The van der Waals surface area contributed by atoms with Gasteiger partial charge in [-0.05, 0) is 75.8 Å². The Balaban J connectivity index is 1.33. The number of nitrogens with zero attached hydrogens (tertiary/aromatic N) is 3. The fourth-order valence-electron chi connectivity index (χ4n) is 5.27. The SMILES string of the molecule is CCC(C)N1CCC(CN2CCN(CC3(CC(C)C)CC3)CC2)CC1. The summed E-state index contributed by atoms with van der Waals surface area (Å²) in [5, 5.41) is 0. The van der Waals surface area contributed by atoms with Crippen molar-refractivity contribution >= 4 is 0 Å². The lowest BCUT2D eigenvalue weighted by Crippen LogP contribution is -2.50. The Bertz CT molecular complexity index is 388. The van der Waals surface area contributed by atoms with Crippen molar-refractivity contribution in [1.82, 2.24) is 14.7 Å². The normalized spacial score (nSPS) is 27.7. The van der Waals surface area contributed by atoms with Crippen LogP contribution in [0.25, 0.3) is 0 Å². The second kappa shape index (κ2) is 8.71. The molecular weight excluding hydrogens is 306 g/mol. The molecule has 0 amide bonds. The Morgan fingerprint density at radius 1 is 0.880 bits per heavy atom. The van der Waals surface area contributed by atoms with Crippen LogP contribution in [0.4, 0.5) is 0 Å². The van der Waals surface area contributed by atoms with Gasteiger partial charge in [0.25, 0.3) is 0 Å². The Labute approximate surface area is 157 Å². The van der Waals surface area contributed by atoms with Gasteiger partial charge in [-0.3, -0.25) is 0 Å². The maximum absolute atomic E-state index is 2.78. The standard InChI is InChI=1S/C22H43N3/c1-5-20(4)25-10-6-21(7-11-25)17-23-12-14-24(15-13-23)18-22(8-9-22)16-19(2)3/h19-21H,5-18H2,1-4H3. The molecule has 0 aromatic rings. The quantitative estimate of drug-likeness (QED) is 0.657. The third-order valence-corrected chi connectivity index (χ3v) is 7.20. The zero-order chi connectivity index (χ0) is 17.9. The molecule has 0 radical (unpaired) electrons. The number of piperidine rings is 1. The lowest BCUT2D eigenvalue weighted by molar-refractivity contribution is 0.0745. The molecule has 3 heteroatoms. The van der Waals surface area contributed by atoms with Gasteiger partial charge in [-0.25, -0.2) is 0 Å². The van der Waals surface area contributed by atoms with Crippen LogP contribution in [0.3, 0.4) is 0 Å². The lowest BCUT2D eigenvalue weighted by atomic mass is 9.93. The molecule has 2 aliphatic heterocycles. The van der Waals surface area contributed by atoms with Crippen molar-refractivity contribution in [2.45, 2.75) is 72.3 Å². The highest BCUT2D eigenvalue weighted by Gasteiger charge is 2.44. The van der Waals surface area contributed by atoms with Crippen LogP contribution < -0.4 is 0 Å². The maximum atomic E-state index is 2.78. The van der Waals surface area contributed by atoms with Crippen molar-refractivity contribution in [2.24, 2.45) is 17.3 Å². The third kappa shape index (κ3) is 5.68. The predicted octanol–water partition coefficient (Wildman–Crippen LogP) is 3.94. The van der Waals surface area contributed by atoms with Crippen molar-refractivity contribution in [3.8, 4) is 0 Å². The van der Waals surface area contributed by atoms with Gasteiger partial charge in [0.2, 0.25) is 0 Å². The van der Waals surface area contributed by atoms with Gasteiger partial charge in [-0.1, -0.05) is 20.8 Å². The Morgan fingerprint density at radius 2 is 1.48 bits per heavy atom. The molecule has 2 saturated heterocycles. The molecule has 3 rings (SSSR count). The summed E-state index contributed by atoms with van der Waals surface area (Å²) in [6.45, 7) is 20.1. The van der Waals surface area contributed by atoms with E-state index in [0.29, 0.717) is 5.41 Å². The first-order chi connectivity index (χ1) is 12.0. The van der Waals surface area contributed by atoms with E-state index in [1.54, 1.807) is 0 Å². The zero-order valence-electron chi connectivity index (χ0n) is 17.5. The predicted molar refractivity (Wildman–Crippen MR) is 108 cm³/mol. The molecule has 3 aliphatic rings. The Kier molecular flexibility index (Phi) is 6.84. The van der Waals surface area contributed by atoms with Crippen LogP contribution in [-0.2, 0) is 0 Å². The molecule has 1 unspecified atom stereocenters. The first kappa shape index (κ1) is 19.6. The van der Waals surface area contributed by atoms with E-state index >= 15 is 0 Å². The van der Waals surface area contributed by atoms with Gasteiger partial charge in [-0.2, -0.15) is 0 Å². The highest BCUT2D eigenvalue weighted by Crippen LogP contribution is 2.51. The third-order valence-electron chi connectivity index (χ3n) is 7.20. The van der Waals surface area contributed by atoms with E-state index in [1.165, 1.54) is 90.9 Å². The van der Waals surface area contributed by atoms with Crippen LogP contribution in [0.15, 0.2) is 0 Å². The van der Waals surface area contributed by atoms with Crippen molar-refractivity contribution in [3.05, 3.63) is 0 Å². The molecule has 1 aliphatic carbocycles. The van der Waals surface area contributed by atoms with E-state index in [-0.39, 0.29) is 0 Å². The van der Waals surface area contributed by atoms with E-state index in [2.05, 4.69) is 42.4 Å². The van der Waals surface area contributed by atoms with Crippen LogP contribution >= 0.6 is 0 Å². The summed E-state index contributed by atoms with van der Waals surface area (Å²) in [4.78, 5) is 8.25. The molecule has 0 aromatic carbocycles. The summed E-state index contributed by atoms with van der Waals surface area (Å²) in [6.07, 6.45) is 8.55. The molecule has 0 spiro atoms. The van der Waals surface area contributed by atoms with Crippen LogP contribution in [0, 0.1) is 17.3 Å². The molecule has 0 bridgehead atoms. The van der Waals surface area contributed by atoms with Gasteiger partial charge in [0.1, 0.15) is 0 Å². The second-order valence-corrected chi connectivity index (χ2v) is 9.91.